The zero-order valence-corrected chi connectivity index (χ0v) is 11.5. The van der Waals surface area contributed by atoms with Crippen molar-refractivity contribution >= 4 is 11.3 Å². The van der Waals surface area contributed by atoms with Crippen molar-refractivity contribution in [3.8, 4) is 10.6 Å². The maximum atomic E-state index is 4.72. The summed E-state index contributed by atoms with van der Waals surface area (Å²) < 4.78 is 0. The molecule has 90 valence electrons. The molecule has 0 aliphatic heterocycles. The maximum Gasteiger partial charge on any atom is 0.123 e. The number of nitrogens with zero attached hydrogens (tertiary/aromatic N) is 1. The summed E-state index contributed by atoms with van der Waals surface area (Å²) in [5, 5.41) is 3.33. The Morgan fingerprint density at radius 1 is 1.12 bits per heavy atom. The quantitative estimate of drug-likeness (QED) is 0.764. The summed E-state index contributed by atoms with van der Waals surface area (Å²) in [7, 11) is 0. The van der Waals surface area contributed by atoms with Gasteiger partial charge < -0.3 is 0 Å². The van der Waals surface area contributed by atoms with Crippen LogP contribution in [-0.4, -0.2) is 4.98 Å². The van der Waals surface area contributed by atoms with Crippen LogP contribution in [0.2, 0.25) is 0 Å². The Morgan fingerprint density at radius 2 is 1.82 bits per heavy atom. The third-order valence-corrected chi connectivity index (χ3v) is 4.18. The second kappa shape index (κ2) is 5.46. The lowest BCUT2D eigenvalue weighted by Gasteiger charge is -2.13. The first-order valence-corrected chi connectivity index (χ1v) is 7.04. The average Bonchev–Trinajstić information content (AvgIpc) is 2.78. The van der Waals surface area contributed by atoms with Crippen molar-refractivity contribution in [2.45, 2.75) is 27.2 Å². The second-order valence-corrected chi connectivity index (χ2v) is 5.79. The van der Waals surface area contributed by atoms with Gasteiger partial charge in [0, 0.05) is 10.9 Å². The van der Waals surface area contributed by atoms with E-state index in [-0.39, 0.29) is 0 Å². The Balaban J connectivity index is 2.12. The number of thiazole rings is 1. The van der Waals surface area contributed by atoms with Crippen molar-refractivity contribution in [3.63, 3.8) is 0 Å². The standard InChI is InChI=1S/C15H19NS/c1-11(2)12(3)9-14-10-17-15(16-14)13-7-5-4-6-8-13/h4-8,10-12H,9H2,1-3H3. The van der Waals surface area contributed by atoms with E-state index in [9.17, 15) is 0 Å². The largest absolute Gasteiger partial charge is 0.241 e. The maximum absolute atomic E-state index is 4.72. The number of aromatic nitrogens is 1. The van der Waals surface area contributed by atoms with Crippen LogP contribution in [0.4, 0.5) is 0 Å². The highest BCUT2D eigenvalue weighted by molar-refractivity contribution is 7.13. The second-order valence-electron chi connectivity index (χ2n) is 4.94. The Morgan fingerprint density at radius 3 is 2.47 bits per heavy atom. The molecule has 0 radical (unpaired) electrons. The monoisotopic (exact) mass is 245 g/mol. The van der Waals surface area contributed by atoms with Gasteiger partial charge in [0.1, 0.15) is 5.01 Å². The molecule has 1 heterocycles. The fourth-order valence-corrected chi connectivity index (χ4v) is 2.52. The Kier molecular flexibility index (Phi) is 3.95. The fraction of sp³-hybridized carbons (Fsp3) is 0.400. The first kappa shape index (κ1) is 12.3. The van der Waals surface area contributed by atoms with Gasteiger partial charge in [-0.1, -0.05) is 51.1 Å². The summed E-state index contributed by atoms with van der Waals surface area (Å²) in [6, 6.07) is 10.4. The lowest BCUT2D eigenvalue weighted by Crippen LogP contribution is -2.07. The zero-order valence-electron chi connectivity index (χ0n) is 10.7. The van der Waals surface area contributed by atoms with Crippen molar-refractivity contribution in [3.05, 3.63) is 41.4 Å². The van der Waals surface area contributed by atoms with Gasteiger partial charge in [-0.05, 0) is 18.3 Å². The highest BCUT2D eigenvalue weighted by atomic mass is 32.1. The molecule has 0 saturated heterocycles. The number of hydrogen-bond acceptors (Lipinski definition) is 2. The van der Waals surface area contributed by atoms with E-state index in [1.165, 1.54) is 11.3 Å². The van der Waals surface area contributed by atoms with Gasteiger partial charge in [-0.3, -0.25) is 0 Å². The van der Waals surface area contributed by atoms with Crippen LogP contribution in [-0.2, 0) is 6.42 Å². The number of hydrogen-bond donors (Lipinski definition) is 0. The predicted octanol–water partition coefficient (Wildman–Crippen LogP) is 4.64. The molecule has 0 spiro atoms. The molecule has 0 N–H and O–H groups in total. The molecule has 0 saturated carbocycles. The smallest absolute Gasteiger partial charge is 0.123 e. The molecule has 0 amide bonds. The minimum atomic E-state index is 0.695. The van der Waals surface area contributed by atoms with Crippen molar-refractivity contribution in [1.29, 1.82) is 0 Å². The Bertz CT molecular complexity index is 459. The highest BCUT2D eigenvalue weighted by Crippen LogP contribution is 2.25. The lowest BCUT2D eigenvalue weighted by molar-refractivity contribution is 0.414. The topological polar surface area (TPSA) is 12.9 Å². The Hall–Kier alpha value is -1.15. The molecule has 1 unspecified atom stereocenters. The molecular formula is C15H19NS. The van der Waals surface area contributed by atoms with Crippen LogP contribution in [0, 0.1) is 11.8 Å². The summed E-state index contributed by atoms with van der Waals surface area (Å²) in [6.07, 6.45) is 1.08. The first-order valence-electron chi connectivity index (χ1n) is 6.16. The normalized spacial score (nSPS) is 12.9. The van der Waals surface area contributed by atoms with Crippen LogP contribution >= 0.6 is 11.3 Å². The third-order valence-electron chi connectivity index (χ3n) is 3.24. The molecule has 2 rings (SSSR count). The van der Waals surface area contributed by atoms with E-state index in [0.717, 1.165) is 17.3 Å². The van der Waals surface area contributed by atoms with Gasteiger partial charge in [0.15, 0.2) is 0 Å². The number of rotatable bonds is 4. The van der Waals surface area contributed by atoms with E-state index in [2.05, 4.69) is 50.4 Å². The van der Waals surface area contributed by atoms with Crippen LogP contribution in [0.3, 0.4) is 0 Å². The van der Waals surface area contributed by atoms with Crippen molar-refractivity contribution in [2.75, 3.05) is 0 Å². The van der Waals surface area contributed by atoms with Crippen LogP contribution in [0.5, 0.6) is 0 Å². The van der Waals surface area contributed by atoms with Gasteiger partial charge in [0.25, 0.3) is 0 Å². The summed E-state index contributed by atoms with van der Waals surface area (Å²) in [6.45, 7) is 6.84. The summed E-state index contributed by atoms with van der Waals surface area (Å²) in [5.41, 5.74) is 2.45. The molecule has 2 heteroatoms. The minimum Gasteiger partial charge on any atom is -0.241 e. The van der Waals surface area contributed by atoms with Gasteiger partial charge in [0.2, 0.25) is 0 Å². The molecule has 0 bridgehead atoms. The summed E-state index contributed by atoms with van der Waals surface area (Å²) >= 11 is 1.75. The minimum absolute atomic E-state index is 0.695. The zero-order chi connectivity index (χ0) is 12.3. The molecule has 1 nitrogen and oxygen atoms in total. The predicted molar refractivity (Wildman–Crippen MR) is 75.3 cm³/mol. The van der Waals surface area contributed by atoms with Gasteiger partial charge in [-0.25, -0.2) is 4.98 Å². The SMILES string of the molecule is CC(C)C(C)Cc1csc(-c2ccccc2)n1. The molecular weight excluding hydrogens is 226 g/mol. The van der Waals surface area contributed by atoms with Crippen molar-refractivity contribution < 1.29 is 0 Å². The van der Waals surface area contributed by atoms with E-state index in [0.29, 0.717) is 5.92 Å². The van der Waals surface area contributed by atoms with Crippen molar-refractivity contribution in [2.24, 2.45) is 11.8 Å². The van der Waals surface area contributed by atoms with Crippen LogP contribution in [0.1, 0.15) is 26.5 Å². The van der Waals surface area contributed by atoms with Gasteiger partial charge >= 0.3 is 0 Å². The molecule has 1 aromatic carbocycles. The molecule has 0 aliphatic carbocycles. The van der Waals surface area contributed by atoms with Crippen LogP contribution < -0.4 is 0 Å². The van der Waals surface area contributed by atoms with Gasteiger partial charge in [0.05, 0.1) is 5.69 Å². The highest BCUT2D eigenvalue weighted by Gasteiger charge is 2.11. The van der Waals surface area contributed by atoms with E-state index in [1.807, 2.05) is 6.07 Å². The van der Waals surface area contributed by atoms with Crippen molar-refractivity contribution in [1.82, 2.24) is 4.98 Å². The van der Waals surface area contributed by atoms with Crippen LogP contribution in [0.15, 0.2) is 35.7 Å². The summed E-state index contributed by atoms with van der Waals surface area (Å²) in [4.78, 5) is 4.72. The van der Waals surface area contributed by atoms with E-state index < -0.39 is 0 Å². The third kappa shape index (κ3) is 3.16. The molecule has 1 aromatic heterocycles. The Labute approximate surface area is 108 Å². The molecule has 17 heavy (non-hydrogen) atoms. The first-order chi connectivity index (χ1) is 8.16. The van der Waals surface area contributed by atoms with E-state index >= 15 is 0 Å². The molecule has 1 atom stereocenters. The van der Waals surface area contributed by atoms with Gasteiger partial charge in [-0.2, -0.15) is 0 Å². The van der Waals surface area contributed by atoms with E-state index in [1.54, 1.807) is 11.3 Å². The average molecular weight is 245 g/mol. The fourth-order valence-electron chi connectivity index (χ4n) is 1.68. The summed E-state index contributed by atoms with van der Waals surface area (Å²) in [5.74, 6) is 1.41. The molecule has 0 fully saturated rings. The molecule has 2 aromatic rings. The molecule has 0 aliphatic rings. The lowest BCUT2D eigenvalue weighted by atomic mass is 9.94. The van der Waals surface area contributed by atoms with Gasteiger partial charge in [-0.15, -0.1) is 11.3 Å². The van der Waals surface area contributed by atoms with Crippen LogP contribution in [0.25, 0.3) is 10.6 Å². The number of benzene rings is 1. The van der Waals surface area contributed by atoms with E-state index in [4.69, 9.17) is 4.98 Å².